The quantitative estimate of drug-likeness (QED) is 0.374. The number of nitrogens with one attached hydrogen (secondary N) is 2. The van der Waals surface area contributed by atoms with Gasteiger partial charge in [-0.3, -0.25) is 4.99 Å². The zero-order valence-corrected chi connectivity index (χ0v) is 18.9. The Balaban J connectivity index is 0.00000243. The third-order valence-corrected chi connectivity index (χ3v) is 6.24. The summed E-state index contributed by atoms with van der Waals surface area (Å²) >= 11 is 2.06. The molecular weight excluding hydrogens is 459 g/mol. The highest BCUT2D eigenvalue weighted by atomic mass is 127. The Bertz CT molecular complexity index is 571. The fourth-order valence-electron chi connectivity index (χ4n) is 3.20. The van der Waals surface area contributed by atoms with Gasteiger partial charge in [0.2, 0.25) is 0 Å². The van der Waals surface area contributed by atoms with Crippen molar-refractivity contribution in [3.63, 3.8) is 0 Å². The number of halogens is 1. The van der Waals surface area contributed by atoms with E-state index < -0.39 is 0 Å². The number of aliphatic imine (C=N–C) groups is 1. The van der Waals surface area contributed by atoms with Crippen LogP contribution in [-0.4, -0.2) is 73.7 Å². The molecule has 1 aromatic heterocycles. The Morgan fingerprint density at radius 2 is 2.12 bits per heavy atom. The summed E-state index contributed by atoms with van der Waals surface area (Å²) in [6.07, 6.45) is 4.57. The van der Waals surface area contributed by atoms with Gasteiger partial charge in [0.15, 0.2) is 5.96 Å². The van der Waals surface area contributed by atoms with Crippen LogP contribution in [-0.2, 0) is 6.54 Å². The van der Waals surface area contributed by atoms with E-state index in [0.29, 0.717) is 0 Å². The highest BCUT2D eigenvalue weighted by molar-refractivity contribution is 14.0. The minimum absolute atomic E-state index is 0. The fourth-order valence-corrected chi connectivity index (χ4v) is 4.40. The first-order valence-electron chi connectivity index (χ1n) is 9.19. The molecule has 2 aliphatic rings. The number of anilines is 1. The lowest BCUT2D eigenvalue weighted by Gasteiger charge is -2.33. The number of rotatable bonds is 5. The van der Waals surface area contributed by atoms with E-state index in [4.69, 9.17) is 0 Å². The molecule has 2 saturated heterocycles. The Kier molecular flexibility index (Phi) is 9.27. The normalized spacial score (nSPS) is 21.4. The molecule has 0 aromatic carbocycles. The number of nitrogens with zero attached hydrogens (tertiary/aromatic N) is 4. The molecule has 6 nitrogen and oxygen atoms in total. The molecule has 0 spiro atoms. The maximum absolute atomic E-state index is 4.56. The summed E-state index contributed by atoms with van der Waals surface area (Å²) in [6.45, 7) is 6.04. The Labute approximate surface area is 178 Å². The minimum atomic E-state index is 0. The third kappa shape index (κ3) is 6.45. The summed E-state index contributed by atoms with van der Waals surface area (Å²) in [5.41, 5.74) is 1.24. The number of guanidine groups is 1. The van der Waals surface area contributed by atoms with E-state index in [1.54, 1.807) is 0 Å². The lowest BCUT2D eigenvalue weighted by molar-refractivity contribution is 0.312. The molecule has 0 saturated carbocycles. The van der Waals surface area contributed by atoms with Crippen molar-refractivity contribution in [3.8, 4) is 0 Å². The second-order valence-corrected chi connectivity index (χ2v) is 8.16. The van der Waals surface area contributed by atoms with Crippen molar-refractivity contribution < 1.29 is 0 Å². The molecule has 0 aliphatic carbocycles. The van der Waals surface area contributed by atoms with E-state index in [2.05, 4.69) is 61.4 Å². The molecule has 3 heterocycles. The van der Waals surface area contributed by atoms with Gasteiger partial charge in [-0.05, 0) is 43.3 Å². The van der Waals surface area contributed by atoms with Crippen molar-refractivity contribution in [2.24, 2.45) is 4.99 Å². The number of hydrogen-bond donors (Lipinski definition) is 2. The number of hydrogen-bond acceptors (Lipinski definition) is 5. The molecule has 2 fully saturated rings. The molecule has 0 bridgehead atoms. The van der Waals surface area contributed by atoms with E-state index >= 15 is 0 Å². The van der Waals surface area contributed by atoms with Gasteiger partial charge >= 0.3 is 0 Å². The number of pyridine rings is 1. The van der Waals surface area contributed by atoms with E-state index in [0.717, 1.165) is 56.3 Å². The average molecular weight is 490 g/mol. The van der Waals surface area contributed by atoms with Crippen LogP contribution in [0.4, 0.5) is 5.82 Å². The van der Waals surface area contributed by atoms with Gasteiger partial charge in [-0.2, -0.15) is 11.8 Å². The third-order valence-electron chi connectivity index (χ3n) is 4.84. The lowest BCUT2D eigenvalue weighted by atomic mass is 10.2. The number of aromatic nitrogens is 1. The number of piperazine rings is 1. The Morgan fingerprint density at radius 1 is 1.31 bits per heavy atom. The maximum atomic E-state index is 4.56. The summed E-state index contributed by atoms with van der Waals surface area (Å²) in [7, 11) is 4.01. The van der Waals surface area contributed by atoms with Crippen LogP contribution in [0.1, 0.15) is 18.4 Å². The Hall–Kier alpha value is -0.740. The van der Waals surface area contributed by atoms with Crippen LogP contribution in [0, 0.1) is 0 Å². The molecule has 0 radical (unpaired) electrons. The topological polar surface area (TPSA) is 55.8 Å². The monoisotopic (exact) mass is 490 g/mol. The minimum Gasteiger partial charge on any atom is -0.355 e. The molecule has 0 amide bonds. The average Bonchev–Trinajstić information content (AvgIpc) is 3.16. The molecule has 1 unspecified atom stereocenters. The molecule has 1 atom stereocenters. The molecular formula is C18H31IN6S. The second-order valence-electron chi connectivity index (χ2n) is 6.75. The van der Waals surface area contributed by atoms with Gasteiger partial charge in [0.05, 0.1) is 0 Å². The SMILES string of the molecule is CN=C(NCc1ccnc(N2CCN(C)CC2)c1)NCC1CCCS1.I. The smallest absolute Gasteiger partial charge is 0.191 e. The highest BCUT2D eigenvalue weighted by Gasteiger charge is 2.16. The molecule has 146 valence electrons. The first-order chi connectivity index (χ1) is 12.2. The molecule has 8 heteroatoms. The molecule has 2 N–H and O–H groups in total. The number of thioether (sulfide) groups is 1. The van der Waals surface area contributed by atoms with Crippen molar-refractivity contribution in [2.45, 2.75) is 24.6 Å². The van der Waals surface area contributed by atoms with Crippen LogP contribution in [0.2, 0.25) is 0 Å². The van der Waals surface area contributed by atoms with Gasteiger partial charge in [-0.15, -0.1) is 24.0 Å². The summed E-state index contributed by atoms with van der Waals surface area (Å²) < 4.78 is 0. The van der Waals surface area contributed by atoms with Crippen molar-refractivity contribution in [3.05, 3.63) is 23.9 Å². The van der Waals surface area contributed by atoms with Crippen molar-refractivity contribution >= 4 is 47.5 Å². The summed E-state index contributed by atoms with van der Waals surface area (Å²) in [6, 6.07) is 4.27. The molecule has 1 aromatic rings. The van der Waals surface area contributed by atoms with Crippen molar-refractivity contribution in [1.82, 2.24) is 20.5 Å². The van der Waals surface area contributed by atoms with Crippen LogP contribution in [0.15, 0.2) is 23.3 Å². The van der Waals surface area contributed by atoms with Gasteiger partial charge in [-0.1, -0.05) is 0 Å². The van der Waals surface area contributed by atoms with Gasteiger partial charge in [0.1, 0.15) is 5.82 Å². The van der Waals surface area contributed by atoms with Gasteiger partial charge in [0, 0.05) is 57.8 Å². The molecule has 2 aliphatic heterocycles. The van der Waals surface area contributed by atoms with Gasteiger partial charge in [0.25, 0.3) is 0 Å². The van der Waals surface area contributed by atoms with E-state index in [9.17, 15) is 0 Å². The molecule has 26 heavy (non-hydrogen) atoms. The van der Waals surface area contributed by atoms with Crippen molar-refractivity contribution in [1.29, 1.82) is 0 Å². The molecule has 3 rings (SSSR count). The van der Waals surface area contributed by atoms with E-state index in [1.165, 1.54) is 24.2 Å². The van der Waals surface area contributed by atoms with Gasteiger partial charge in [-0.25, -0.2) is 4.98 Å². The Morgan fingerprint density at radius 3 is 2.81 bits per heavy atom. The zero-order valence-electron chi connectivity index (χ0n) is 15.8. The van der Waals surface area contributed by atoms with Crippen LogP contribution >= 0.6 is 35.7 Å². The second kappa shape index (κ2) is 11.2. The summed E-state index contributed by atoms with van der Waals surface area (Å²) in [5, 5.41) is 7.60. The van der Waals surface area contributed by atoms with Crippen LogP contribution in [0.3, 0.4) is 0 Å². The summed E-state index contributed by atoms with van der Waals surface area (Å²) in [5.74, 6) is 3.26. The van der Waals surface area contributed by atoms with E-state index in [-0.39, 0.29) is 24.0 Å². The first kappa shape index (κ1) is 21.6. The van der Waals surface area contributed by atoms with Crippen LogP contribution < -0.4 is 15.5 Å². The predicted molar refractivity (Wildman–Crippen MR) is 123 cm³/mol. The largest absolute Gasteiger partial charge is 0.355 e. The lowest BCUT2D eigenvalue weighted by Crippen LogP contribution is -2.44. The zero-order chi connectivity index (χ0) is 17.5. The standard InChI is InChI=1S/C18H30N6S.HI/c1-19-18(22-14-16-4-3-11-25-16)21-13-15-5-6-20-17(12-15)24-9-7-23(2)8-10-24;/h5-6,12,16H,3-4,7-11,13-14H2,1-2H3,(H2,19,21,22);1H. The van der Waals surface area contributed by atoms with Crippen LogP contribution in [0.5, 0.6) is 0 Å². The van der Waals surface area contributed by atoms with Crippen molar-refractivity contribution in [2.75, 3.05) is 57.5 Å². The van der Waals surface area contributed by atoms with E-state index in [1.807, 2.05) is 13.2 Å². The van der Waals surface area contributed by atoms with Gasteiger partial charge < -0.3 is 20.4 Å². The first-order valence-corrected chi connectivity index (χ1v) is 10.2. The fraction of sp³-hybridized carbons (Fsp3) is 0.667. The highest BCUT2D eigenvalue weighted by Crippen LogP contribution is 2.25. The van der Waals surface area contributed by atoms with Crippen LogP contribution in [0.25, 0.3) is 0 Å². The predicted octanol–water partition coefficient (Wildman–Crippen LogP) is 2.01. The number of likely N-dealkylation sites (N-methyl/N-ethyl adjacent to an activating group) is 1. The summed E-state index contributed by atoms with van der Waals surface area (Å²) in [4.78, 5) is 13.6. The maximum Gasteiger partial charge on any atom is 0.191 e.